The number of aromatic nitrogens is 1. The monoisotopic (exact) mass is 198 g/mol. The smallest absolute Gasteiger partial charge is 0.185 e. The quantitative estimate of drug-likeness (QED) is 0.680. The van der Waals surface area contributed by atoms with E-state index in [-0.39, 0.29) is 0 Å². The predicted molar refractivity (Wildman–Crippen MR) is 55.7 cm³/mol. The second kappa shape index (κ2) is 4.97. The van der Waals surface area contributed by atoms with E-state index in [1.807, 2.05) is 7.05 Å². The van der Waals surface area contributed by atoms with Crippen molar-refractivity contribution < 1.29 is 4.79 Å². The Balaban J connectivity index is 2.54. The first kappa shape index (κ1) is 10.2. The summed E-state index contributed by atoms with van der Waals surface area (Å²) in [4.78, 5) is 17.3. The van der Waals surface area contributed by atoms with E-state index in [1.165, 1.54) is 17.8 Å². The molecule has 0 aromatic carbocycles. The molecule has 0 N–H and O–H groups in total. The summed E-state index contributed by atoms with van der Waals surface area (Å²) in [7, 11) is 2.00. The zero-order valence-corrected chi connectivity index (χ0v) is 8.80. The number of unbranched alkanes of at least 4 members (excludes halogenated alkanes) is 1. The second-order valence-electron chi connectivity index (χ2n) is 2.94. The lowest BCUT2D eigenvalue weighted by molar-refractivity contribution is 0.112. The van der Waals surface area contributed by atoms with Gasteiger partial charge in [0.15, 0.2) is 11.4 Å². The van der Waals surface area contributed by atoms with E-state index in [1.54, 1.807) is 6.20 Å². The summed E-state index contributed by atoms with van der Waals surface area (Å²) in [5, 5.41) is 0.926. The van der Waals surface area contributed by atoms with Gasteiger partial charge in [0.2, 0.25) is 0 Å². The summed E-state index contributed by atoms with van der Waals surface area (Å²) in [5.74, 6) is 0. The average molecular weight is 198 g/mol. The van der Waals surface area contributed by atoms with Crippen LogP contribution < -0.4 is 4.90 Å². The van der Waals surface area contributed by atoms with Crippen LogP contribution in [-0.4, -0.2) is 24.9 Å². The van der Waals surface area contributed by atoms with E-state index < -0.39 is 0 Å². The first-order chi connectivity index (χ1) is 6.27. The molecule has 1 rings (SSSR count). The van der Waals surface area contributed by atoms with Gasteiger partial charge in [-0.3, -0.25) is 4.79 Å². The third kappa shape index (κ3) is 2.81. The molecule has 3 nitrogen and oxygen atoms in total. The third-order valence-corrected chi connectivity index (χ3v) is 2.84. The van der Waals surface area contributed by atoms with Crippen LogP contribution in [0.15, 0.2) is 6.20 Å². The number of anilines is 1. The van der Waals surface area contributed by atoms with Crippen LogP contribution in [0, 0.1) is 0 Å². The van der Waals surface area contributed by atoms with Crippen molar-refractivity contribution in [1.82, 2.24) is 4.98 Å². The van der Waals surface area contributed by atoms with Crippen LogP contribution in [0.5, 0.6) is 0 Å². The Morgan fingerprint density at radius 3 is 3.00 bits per heavy atom. The first-order valence-corrected chi connectivity index (χ1v) is 5.21. The Hall–Kier alpha value is -0.900. The van der Waals surface area contributed by atoms with Gasteiger partial charge in [0, 0.05) is 13.6 Å². The summed E-state index contributed by atoms with van der Waals surface area (Å²) < 4.78 is 0. The Labute approximate surface area is 82.4 Å². The van der Waals surface area contributed by atoms with Gasteiger partial charge in [-0.2, -0.15) is 0 Å². The van der Waals surface area contributed by atoms with Crippen LogP contribution >= 0.6 is 11.3 Å². The highest BCUT2D eigenvalue weighted by Crippen LogP contribution is 2.19. The highest BCUT2D eigenvalue weighted by Gasteiger charge is 2.05. The van der Waals surface area contributed by atoms with Crippen LogP contribution in [0.1, 0.15) is 29.4 Å². The van der Waals surface area contributed by atoms with Gasteiger partial charge < -0.3 is 4.90 Å². The Morgan fingerprint density at radius 1 is 1.69 bits per heavy atom. The zero-order chi connectivity index (χ0) is 9.68. The summed E-state index contributed by atoms with van der Waals surface area (Å²) >= 11 is 1.44. The van der Waals surface area contributed by atoms with Crippen molar-refractivity contribution in [3.8, 4) is 0 Å². The van der Waals surface area contributed by atoms with Crippen LogP contribution in [0.4, 0.5) is 5.13 Å². The lowest BCUT2D eigenvalue weighted by Crippen LogP contribution is -2.17. The fraction of sp³-hybridized carbons (Fsp3) is 0.556. The second-order valence-corrected chi connectivity index (χ2v) is 3.98. The number of nitrogens with zero attached hydrogens (tertiary/aromatic N) is 2. The molecule has 0 aliphatic rings. The van der Waals surface area contributed by atoms with E-state index in [0.717, 1.165) is 24.4 Å². The maximum atomic E-state index is 10.4. The highest BCUT2D eigenvalue weighted by molar-refractivity contribution is 7.17. The lowest BCUT2D eigenvalue weighted by atomic mass is 10.3. The normalized spacial score (nSPS) is 10.0. The average Bonchev–Trinajstić information content (AvgIpc) is 2.62. The summed E-state index contributed by atoms with van der Waals surface area (Å²) in [6, 6.07) is 0. The third-order valence-electron chi connectivity index (χ3n) is 1.80. The first-order valence-electron chi connectivity index (χ1n) is 4.40. The SMILES string of the molecule is CCCCN(C)c1ncc(C=O)s1. The zero-order valence-electron chi connectivity index (χ0n) is 7.99. The molecule has 0 unspecified atom stereocenters. The van der Waals surface area contributed by atoms with Gasteiger partial charge in [-0.25, -0.2) is 4.98 Å². The molecule has 0 bridgehead atoms. The van der Waals surface area contributed by atoms with Crippen molar-refractivity contribution in [2.24, 2.45) is 0 Å². The molecule has 1 aromatic rings. The van der Waals surface area contributed by atoms with Crippen LogP contribution in [0.25, 0.3) is 0 Å². The van der Waals surface area contributed by atoms with Gasteiger partial charge in [0.25, 0.3) is 0 Å². The van der Waals surface area contributed by atoms with Crippen molar-refractivity contribution in [1.29, 1.82) is 0 Å². The van der Waals surface area contributed by atoms with Crippen molar-refractivity contribution >= 4 is 22.8 Å². The van der Waals surface area contributed by atoms with Crippen LogP contribution in [0.2, 0.25) is 0 Å². The predicted octanol–water partition coefficient (Wildman–Crippen LogP) is 2.19. The van der Waals surface area contributed by atoms with Gasteiger partial charge in [-0.05, 0) is 6.42 Å². The number of rotatable bonds is 5. The van der Waals surface area contributed by atoms with Gasteiger partial charge in [-0.15, -0.1) is 0 Å². The maximum absolute atomic E-state index is 10.4. The number of aldehydes is 1. The summed E-state index contributed by atoms with van der Waals surface area (Å²) in [5.41, 5.74) is 0. The van der Waals surface area contributed by atoms with Crippen molar-refractivity contribution in [2.75, 3.05) is 18.5 Å². The summed E-state index contributed by atoms with van der Waals surface area (Å²) in [6.45, 7) is 3.16. The van der Waals surface area contributed by atoms with Gasteiger partial charge in [0.1, 0.15) is 0 Å². The molecular formula is C9H14N2OS. The minimum Gasteiger partial charge on any atom is -0.351 e. The molecule has 1 heterocycles. The molecule has 0 aliphatic heterocycles. The molecular weight excluding hydrogens is 184 g/mol. The highest BCUT2D eigenvalue weighted by atomic mass is 32.1. The molecule has 0 atom stereocenters. The Bertz CT molecular complexity index is 272. The molecule has 13 heavy (non-hydrogen) atoms. The lowest BCUT2D eigenvalue weighted by Gasteiger charge is -2.14. The Kier molecular flexibility index (Phi) is 3.89. The number of carbonyl (C=O) groups excluding carboxylic acids is 1. The minimum absolute atomic E-state index is 0.693. The molecule has 0 saturated carbocycles. The molecule has 0 amide bonds. The number of hydrogen-bond acceptors (Lipinski definition) is 4. The molecule has 0 fully saturated rings. The standard InChI is InChI=1S/C9H14N2OS/c1-3-4-5-11(2)9-10-6-8(7-12)13-9/h6-7H,3-5H2,1-2H3. The molecule has 0 radical (unpaired) electrons. The van der Waals surface area contributed by atoms with Gasteiger partial charge >= 0.3 is 0 Å². The topological polar surface area (TPSA) is 33.2 Å². The van der Waals surface area contributed by atoms with Crippen molar-refractivity contribution in [3.63, 3.8) is 0 Å². The molecule has 4 heteroatoms. The molecule has 0 aliphatic carbocycles. The maximum Gasteiger partial charge on any atom is 0.185 e. The van der Waals surface area contributed by atoms with Crippen LogP contribution in [-0.2, 0) is 0 Å². The van der Waals surface area contributed by atoms with Crippen molar-refractivity contribution in [3.05, 3.63) is 11.1 Å². The van der Waals surface area contributed by atoms with E-state index >= 15 is 0 Å². The number of thiazole rings is 1. The molecule has 72 valence electrons. The Morgan fingerprint density at radius 2 is 2.46 bits per heavy atom. The van der Waals surface area contributed by atoms with E-state index in [9.17, 15) is 4.79 Å². The molecule has 0 spiro atoms. The van der Waals surface area contributed by atoms with Gasteiger partial charge in [0.05, 0.1) is 11.1 Å². The number of carbonyl (C=O) groups is 1. The van der Waals surface area contributed by atoms with E-state index in [2.05, 4.69) is 16.8 Å². The minimum atomic E-state index is 0.693. The molecule has 0 saturated heterocycles. The fourth-order valence-electron chi connectivity index (χ4n) is 0.999. The fourth-order valence-corrected chi connectivity index (χ4v) is 1.72. The van der Waals surface area contributed by atoms with Crippen molar-refractivity contribution in [2.45, 2.75) is 19.8 Å². The van der Waals surface area contributed by atoms with E-state index in [0.29, 0.717) is 4.88 Å². The molecule has 1 aromatic heterocycles. The largest absolute Gasteiger partial charge is 0.351 e. The van der Waals surface area contributed by atoms with E-state index in [4.69, 9.17) is 0 Å². The summed E-state index contributed by atoms with van der Waals surface area (Å²) in [6.07, 6.45) is 4.80. The number of hydrogen-bond donors (Lipinski definition) is 0. The van der Waals surface area contributed by atoms with Crippen LogP contribution in [0.3, 0.4) is 0 Å². The van der Waals surface area contributed by atoms with Gasteiger partial charge in [-0.1, -0.05) is 24.7 Å².